The molecule has 0 saturated carbocycles. The third-order valence-electron chi connectivity index (χ3n) is 4.03. The highest BCUT2D eigenvalue weighted by molar-refractivity contribution is 6.30. The van der Waals surface area contributed by atoms with Gasteiger partial charge in [0.2, 0.25) is 0 Å². The monoisotopic (exact) mass is 403 g/mol. The molecule has 0 aliphatic heterocycles. The normalized spacial score (nSPS) is 10.1. The average Bonchev–Trinajstić information content (AvgIpc) is 2.68. The van der Waals surface area contributed by atoms with Gasteiger partial charge >= 0.3 is 0 Å². The molecule has 0 heterocycles. The van der Waals surface area contributed by atoms with Gasteiger partial charge in [-0.2, -0.15) is 0 Å². The van der Waals surface area contributed by atoms with Crippen LogP contribution in [0.1, 0.15) is 16.7 Å². The molecule has 3 aromatic rings. The number of methoxy groups -OCH3 is 1. The Balaban J connectivity index is 0.00000261. The average molecular weight is 404 g/mol. The lowest BCUT2D eigenvalue weighted by atomic mass is 10.2. The van der Waals surface area contributed by atoms with E-state index >= 15 is 0 Å². The van der Waals surface area contributed by atoms with Crippen LogP contribution in [0, 0.1) is 0 Å². The molecule has 0 fully saturated rings. The summed E-state index contributed by atoms with van der Waals surface area (Å²) in [5.41, 5.74) is 3.51. The smallest absolute Gasteiger partial charge is 0.120 e. The maximum absolute atomic E-state index is 5.90. The molecular formula is C22H23Cl2NO2. The number of benzene rings is 3. The molecule has 0 aliphatic carbocycles. The minimum Gasteiger partial charge on any atom is -0.497 e. The van der Waals surface area contributed by atoms with Gasteiger partial charge in [0, 0.05) is 18.1 Å². The van der Waals surface area contributed by atoms with E-state index in [1.165, 1.54) is 11.1 Å². The van der Waals surface area contributed by atoms with Crippen molar-refractivity contribution in [3.63, 3.8) is 0 Å². The van der Waals surface area contributed by atoms with E-state index in [1.54, 1.807) is 7.11 Å². The van der Waals surface area contributed by atoms with E-state index in [4.69, 9.17) is 21.1 Å². The van der Waals surface area contributed by atoms with Gasteiger partial charge in [-0.3, -0.25) is 0 Å². The van der Waals surface area contributed by atoms with E-state index in [1.807, 2.05) is 48.5 Å². The molecule has 0 atom stereocenters. The standard InChI is InChI=1S/C22H22ClNO2.ClH/c1-25-21-11-7-17(8-12-21)14-24-15-19-3-2-4-22(13-19)26-16-18-5-9-20(23)10-6-18;/h2-13,24H,14-16H2,1H3;1H. The minimum atomic E-state index is 0. The van der Waals surface area contributed by atoms with Crippen LogP contribution in [0.4, 0.5) is 0 Å². The molecule has 0 bridgehead atoms. The predicted molar refractivity (Wildman–Crippen MR) is 113 cm³/mol. The highest BCUT2D eigenvalue weighted by Crippen LogP contribution is 2.17. The van der Waals surface area contributed by atoms with Crippen molar-refractivity contribution >= 4 is 24.0 Å². The zero-order chi connectivity index (χ0) is 18.2. The fourth-order valence-corrected chi connectivity index (χ4v) is 2.71. The number of halogens is 2. The van der Waals surface area contributed by atoms with Gasteiger partial charge in [0.05, 0.1) is 7.11 Å². The Labute approximate surface area is 171 Å². The summed E-state index contributed by atoms with van der Waals surface area (Å²) in [4.78, 5) is 0. The van der Waals surface area contributed by atoms with Gasteiger partial charge in [-0.25, -0.2) is 0 Å². The van der Waals surface area contributed by atoms with Crippen molar-refractivity contribution in [3.05, 3.63) is 94.5 Å². The van der Waals surface area contributed by atoms with Crippen LogP contribution in [0.5, 0.6) is 11.5 Å². The first-order valence-electron chi connectivity index (χ1n) is 8.53. The van der Waals surface area contributed by atoms with Crippen molar-refractivity contribution in [2.24, 2.45) is 0 Å². The van der Waals surface area contributed by atoms with Crippen molar-refractivity contribution in [3.8, 4) is 11.5 Å². The van der Waals surface area contributed by atoms with Crippen LogP contribution in [0.15, 0.2) is 72.8 Å². The van der Waals surface area contributed by atoms with E-state index in [0.29, 0.717) is 6.61 Å². The summed E-state index contributed by atoms with van der Waals surface area (Å²) in [6, 6.07) is 23.9. The fraction of sp³-hybridized carbons (Fsp3) is 0.182. The molecule has 27 heavy (non-hydrogen) atoms. The van der Waals surface area contributed by atoms with Crippen LogP contribution in [0.2, 0.25) is 5.02 Å². The van der Waals surface area contributed by atoms with E-state index in [2.05, 4.69) is 29.6 Å². The van der Waals surface area contributed by atoms with Crippen LogP contribution < -0.4 is 14.8 Å². The molecule has 142 valence electrons. The summed E-state index contributed by atoms with van der Waals surface area (Å²) in [6.07, 6.45) is 0. The van der Waals surface area contributed by atoms with Gasteiger partial charge in [0.1, 0.15) is 18.1 Å². The Bertz CT molecular complexity index is 820. The van der Waals surface area contributed by atoms with Crippen molar-refractivity contribution in [2.45, 2.75) is 19.7 Å². The zero-order valence-corrected chi connectivity index (χ0v) is 16.7. The molecule has 0 radical (unpaired) electrons. The third-order valence-corrected chi connectivity index (χ3v) is 4.29. The summed E-state index contributed by atoms with van der Waals surface area (Å²) >= 11 is 5.90. The minimum absolute atomic E-state index is 0. The first-order valence-corrected chi connectivity index (χ1v) is 8.90. The van der Waals surface area contributed by atoms with Crippen LogP contribution in [-0.2, 0) is 19.7 Å². The summed E-state index contributed by atoms with van der Waals surface area (Å²) in [7, 11) is 1.68. The molecular weight excluding hydrogens is 381 g/mol. The third kappa shape index (κ3) is 6.79. The molecule has 0 spiro atoms. The molecule has 1 N–H and O–H groups in total. The summed E-state index contributed by atoms with van der Waals surface area (Å²) < 4.78 is 11.1. The second kappa shape index (κ2) is 10.8. The molecule has 3 nitrogen and oxygen atoms in total. The van der Waals surface area contributed by atoms with E-state index < -0.39 is 0 Å². The molecule has 5 heteroatoms. The van der Waals surface area contributed by atoms with Gasteiger partial charge in [-0.15, -0.1) is 12.4 Å². The van der Waals surface area contributed by atoms with Crippen LogP contribution in [0.25, 0.3) is 0 Å². The Kier molecular flexibility index (Phi) is 8.46. The quantitative estimate of drug-likeness (QED) is 0.527. The second-order valence-electron chi connectivity index (χ2n) is 6.01. The summed E-state index contributed by atoms with van der Waals surface area (Å²) in [5.74, 6) is 1.74. The lowest BCUT2D eigenvalue weighted by Crippen LogP contribution is -2.12. The van der Waals surface area contributed by atoms with Gasteiger partial charge < -0.3 is 14.8 Å². The molecule has 3 rings (SSSR count). The lowest BCUT2D eigenvalue weighted by Gasteiger charge is -2.10. The van der Waals surface area contributed by atoms with Gasteiger partial charge in [0.15, 0.2) is 0 Å². The topological polar surface area (TPSA) is 30.5 Å². The Morgan fingerprint density at radius 1 is 0.778 bits per heavy atom. The van der Waals surface area contributed by atoms with Gasteiger partial charge in [-0.1, -0.05) is 48.0 Å². The Morgan fingerprint density at radius 2 is 1.44 bits per heavy atom. The SMILES string of the molecule is COc1ccc(CNCc2cccc(OCc3ccc(Cl)cc3)c2)cc1.Cl. The maximum Gasteiger partial charge on any atom is 0.120 e. The molecule has 0 aliphatic rings. The van der Waals surface area contributed by atoms with Gasteiger partial charge in [-0.05, 0) is 53.1 Å². The van der Waals surface area contributed by atoms with Gasteiger partial charge in [0.25, 0.3) is 0 Å². The first-order chi connectivity index (χ1) is 12.7. The van der Waals surface area contributed by atoms with Crippen LogP contribution in [0.3, 0.4) is 0 Å². The molecule has 0 saturated heterocycles. The first kappa shape index (κ1) is 21.1. The van der Waals surface area contributed by atoms with E-state index in [9.17, 15) is 0 Å². The Hall–Kier alpha value is -2.20. The summed E-state index contributed by atoms with van der Waals surface area (Å²) in [6.45, 7) is 2.12. The molecule has 3 aromatic carbocycles. The van der Waals surface area contributed by atoms with E-state index in [-0.39, 0.29) is 12.4 Å². The number of rotatable bonds is 8. The Morgan fingerprint density at radius 3 is 2.15 bits per heavy atom. The largest absolute Gasteiger partial charge is 0.497 e. The highest BCUT2D eigenvalue weighted by Gasteiger charge is 2.00. The lowest BCUT2D eigenvalue weighted by molar-refractivity contribution is 0.306. The van der Waals surface area contributed by atoms with Crippen molar-refractivity contribution in [1.82, 2.24) is 5.32 Å². The molecule has 0 amide bonds. The maximum atomic E-state index is 5.90. The molecule has 0 aromatic heterocycles. The van der Waals surface area contributed by atoms with Crippen molar-refractivity contribution in [2.75, 3.05) is 7.11 Å². The molecule has 0 unspecified atom stereocenters. The van der Waals surface area contributed by atoms with E-state index in [0.717, 1.165) is 35.2 Å². The highest BCUT2D eigenvalue weighted by atomic mass is 35.5. The predicted octanol–water partition coefficient (Wildman–Crippen LogP) is 5.64. The number of hydrogen-bond donors (Lipinski definition) is 1. The number of ether oxygens (including phenoxy) is 2. The van der Waals surface area contributed by atoms with Crippen LogP contribution >= 0.6 is 24.0 Å². The summed E-state index contributed by atoms with van der Waals surface area (Å²) in [5, 5.41) is 4.19. The fourth-order valence-electron chi connectivity index (χ4n) is 2.59. The van der Waals surface area contributed by atoms with Crippen molar-refractivity contribution in [1.29, 1.82) is 0 Å². The number of nitrogens with one attached hydrogen (secondary N) is 1. The second-order valence-corrected chi connectivity index (χ2v) is 6.45. The number of hydrogen-bond acceptors (Lipinski definition) is 3. The van der Waals surface area contributed by atoms with Crippen LogP contribution in [-0.4, -0.2) is 7.11 Å². The zero-order valence-electron chi connectivity index (χ0n) is 15.2. The van der Waals surface area contributed by atoms with Crippen molar-refractivity contribution < 1.29 is 9.47 Å².